The second kappa shape index (κ2) is 6.66. The van der Waals surface area contributed by atoms with Gasteiger partial charge in [0, 0.05) is 34.9 Å². The second-order valence-corrected chi connectivity index (χ2v) is 5.33. The number of nitrogens with zero attached hydrogens (tertiary/aromatic N) is 2. The Morgan fingerprint density at radius 2 is 1.90 bits per heavy atom. The Morgan fingerprint density at radius 1 is 1.15 bits per heavy atom. The van der Waals surface area contributed by atoms with Crippen LogP contribution in [0.4, 0.5) is 5.82 Å². The predicted molar refractivity (Wildman–Crippen MR) is 85.4 cm³/mol. The Morgan fingerprint density at radius 3 is 2.45 bits per heavy atom. The van der Waals surface area contributed by atoms with E-state index in [4.69, 9.17) is 0 Å². The molecule has 0 atom stereocenters. The Labute approximate surface area is 127 Å². The second-order valence-electron chi connectivity index (χ2n) is 4.42. The summed E-state index contributed by atoms with van der Waals surface area (Å²) in [5, 5.41) is 0. The van der Waals surface area contributed by atoms with E-state index in [0.717, 1.165) is 23.4 Å². The third-order valence-electron chi connectivity index (χ3n) is 3.18. The number of ketones is 1. The zero-order valence-corrected chi connectivity index (χ0v) is 13.2. The van der Waals surface area contributed by atoms with E-state index in [1.807, 2.05) is 36.4 Å². The van der Waals surface area contributed by atoms with Crippen molar-refractivity contribution in [3.05, 3.63) is 58.2 Å². The molecular weight excluding hydrogens is 316 g/mol. The first kappa shape index (κ1) is 14.7. The molecule has 3 nitrogen and oxygen atoms in total. The van der Waals surface area contributed by atoms with Gasteiger partial charge in [0.1, 0.15) is 5.82 Å². The molecule has 0 radical (unpaired) electrons. The molecule has 1 aromatic carbocycles. The standard InChI is InChI=1S/C16H17BrN2O/c1-3-19(4-2)15-9-8-13(11-18-15)16(20)12-6-5-7-14(17)10-12/h5-11H,3-4H2,1-2H3. The first-order chi connectivity index (χ1) is 9.65. The SMILES string of the molecule is CCN(CC)c1ccc(C(=O)c2cccc(Br)c2)cn1. The summed E-state index contributed by atoms with van der Waals surface area (Å²) in [7, 11) is 0. The molecule has 104 valence electrons. The number of aromatic nitrogens is 1. The molecule has 1 heterocycles. The molecule has 20 heavy (non-hydrogen) atoms. The largest absolute Gasteiger partial charge is 0.357 e. The molecule has 4 heteroatoms. The fraction of sp³-hybridized carbons (Fsp3) is 0.250. The van der Waals surface area contributed by atoms with Gasteiger partial charge in [-0.05, 0) is 38.1 Å². The van der Waals surface area contributed by atoms with Crippen LogP contribution in [0.2, 0.25) is 0 Å². The number of halogens is 1. The van der Waals surface area contributed by atoms with Gasteiger partial charge in [0.05, 0.1) is 0 Å². The van der Waals surface area contributed by atoms with Crippen molar-refractivity contribution in [2.24, 2.45) is 0 Å². The fourth-order valence-electron chi connectivity index (χ4n) is 2.05. The number of hydrogen-bond acceptors (Lipinski definition) is 3. The van der Waals surface area contributed by atoms with Gasteiger partial charge in [-0.25, -0.2) is 4.98 Å². The van der Waals surface area contributed by atoms with Gasteiger partial charge in [-0.2, -0.15) is 0 Å². The molecule has 0 saturated heterocycles. The number of pyridine rings is 1. The molecule has 0 amide bonds. The zero-order chi connectivity index (χ0) is 14.5. The third kappa shape index (κ3) is 3.25. The van der Waals surface area contributed by atoms with Gasteiger partial charge < -0.3 is 4.90 Å². The van der Waals surface area contributed by atoms with Crippen molar-refractivity contribution < 1.29 is 4.79 Å². The van der Waals surface area contributed by atoms with Crippen LogP contribution >= 0.6 is 15.9 Å². The van der Waals surface area contributed by atoms with Crippen LogP contribution in [-0.4, -0.2) is 23.9 Å². The normalized spacial score (nSPS) is 10.3. The van der Waals surface area contributed by atoms with Gasteiger partial charge in [0.2, 0.25) is 0 Å². The number of carbonyl (C=O) groups excluding carboxylic acids is 1. The molecule has 1 aromatic heterocycles. The number of benzene rings is 1. The summed E-state index contributed by atoms with van der Waals surface area (Å²) in [6, 6.07) is 11.1. The lowest BCUT2D eigenvalue weighted by Crippen LogP contribution is -2.22. The molecule has 0 aliphatic rings. The maximum absolute atomic E-state index is 12.3. The van der Waals surface area contributed by atoms with Gasteiger partial charge in [0.15, 0.2) is 5.78 Å². The number of anilines is 1. The predicted octanol–water partition coefficient (Wildman–Crippen LogP) is 3.92. The van der Waals surface area contributed by atoms with Crippen molar-refractivity contribution in [3.8, 4) is 0 Å². The lowest BCUT2D eigenvalue weighted by molar-refractivity contribution is 0.103. The number of hydrogen-bond donors (Lipinski definition) is 0. The van der Waals surface area contributed by atoms with Crippen LogP contribution in [0.15, 0.2) is 47.1 Å². The summed E-state index contributed by atoms with van der Waals surface area (Å²) in [6.07, 6.45) is 1.65. The van der Waals surface area contributed by atoms with Gasteiger partial charge in [-0.15, -0.1) is 0 Å². The fourth-order valence-corrected chi connectivity index (χ4v) is 2.45. The molecule has 0 aliphatic heterocycles. The highest BCUT2D eigenvalue weighted by Gasteiger charge is 2.11. The summed E-state index contributed by atoms with van der Waals surface area (Å²) >= 11 is 3.38. The number of rotatable bonds is 5. The molecule has 0 saturated carbocycles. The molecule has 0 spiro atoms. The van der Waals surface area contributed by atoms with E-state index < -0.39 is 0 Å². The van der Waals surface area contributed by atoms with E-state index in [1.165, 1.54) is 0 Å². The maximum Gasteiger partial charge on any atom is 0.194 e. The van der Waals surface area contributed by atoms with Gasteiger partial charge in [-0.3, -0.25) is 4.79 Å². The topological polar surface area (TPSA) is 33.2 Å². The zero-order valence-electron chi connectivity index (χ0n) is 11.6. The highest BCUT2D eigenvalue weighted by Crippen LogP contribution is 2.17. The Bertz CT molecular complexity index is 592. The summed E-state index contributed by atoms with van der Waals surface area (Å²) in [5.74, 6) is 0.894. The molecule has 0 N–H and O–H groups in total. The summed E-state index contributed by atoms with van der Waals surface area (Å²) in [4.78, 5) is 18.9. The maximum atomic E-state index is 12.3. The van der Waals surface area contributed by atoms with Crippen LogP contribution in [-0.2, 0) is 0 Å². The minimum Gasteiger partial charge on any atom is -0.357 e. The minimum atomic E-state index is -0.00935. The smallest absolute Gasteiger partial charge is 0.194 e. The average Bonchev–Trinajstić information content (AvgIpc) is 2.48. The van der Waals surface area contributed by atoms with E-state index >= 15 is 0 Å². The molecule has 0 fully saturated rings. The molecule has 0 bridgehead atoms. The highest BCUT2D eigenvalue weighted by atomic mass is 79.9. The van der Waals surface area contributed by atoms with Crippen molar-refractivity contribution in [1.29, 1.82) is 0 Å². The van der Waals surface area contributed by atoms with Crippen LogP contribution in [0.5, 0.6) is 0 Å². The number of carbonyl (C=O) groups is 1. The third-order valence-corrected chi connectivity index (χ3v) is 3.68. The average molecular weight is 333 g/mol. The summed E-state index contributed by atoms with van der Waals surface area (Å²) in [6.45, 7) is 5.99. The van der Waals surface area contributed by atoms with Crippen LogP contribution in [0.3, 0.4) is 0 Å². The summed E-state index contributed by atoms with van der Waals surface area (Å²) < 4.78 is 0.899. The molecule has 0 unspecified atom stereocenters. The van der Waals surface area contributed by atoms with Crippen molar-refractivity contribution in [2.75, 3.05) is 18.0 Å². The summed E-state index contributed by atoms with van der Waals surface area (Å²) in [5.41, 5.74) is 1.27. The van der Waals surface area contributed by atoms with E-state index in [9.17, 15) is 4.79 Å². The molecule has 2 aromatic rings. The first-order valence-electron chi connectivity index (χ1n) is 6.67. The van der Waals surface area contributed by atoms with Crippen LogP contribution < -0.4 is 4.90 Å². The van der Waals surface area contributed by atoms with Crippen molar-refractivity contribution >= 4 is 27.5 Å². The van der Waals surface area contributed by atoms with Gasteiger partial charge in [0.25, 0.3) is 0 Å². The quantitative estimate of drug-likeness (QED) is 0.778. The lowest BCUT2D eigenvalue weighted by atomic mass is 10.1. The Hall–Kier alpha value is -1.68. The highest BCUT2D eigenvalue weighted by molar-refractivity contribution is 9.10. The van der Waals surface area contributed by atoms with E-state index in [1.54, 1.807) is 6.20 Å². The van der Waals surface area contributed by atoms with Crippen LogP contribution in [0, 0.1) is 0 Å². The van der Waals surface area contributed by atoms with Crippen molar-refractivity contribution in [3.63, 3.8) is 0 Å². The van der Waals surface area contributed by atoms with E-state index in [-0.39, 0.29) is 5.78 Å². The van der Waals surface area contributed by atoms with E-state index in [0.29, 0.717) is 11.1 Å². The van der Waals surface area contributed by atoms with Crippen LogP contribution in [0.25, 0.3) is 0 Å². The van der Waals surface area contributed by atoms with Gasteiger partial charge in [-0.1, -0.05) is 28.1 Å². The monoisotopic (exact) mass is 332 g/mol. The van der Waals surface area contributed by atoms with Gasteiger partial charge >= 0.3 is 0 Å². The Kier molecular flexibility index (Phi) is 4.90. The Balaban J connectivity index is 2.24. The minimum absolute atomic E-state index is 0.00935. The van der Waals surface area contributed by atoms with Crippen molar-refractivity contribution in [2.45, 2.75) is 13.8 Å². The lowest BCUT2D eigenvalue weighted by Gasteiger charge is -2.19. The van der Waals surface area contributed by atoms with E-state index in [2.05, 4.69) is 39.7 Å². The van der Waals surface area contributed by atoms with Crippen molar-refractivity contribution in [1.82, 2.24) is 4.98 Å². The molecular formula is C16H17BrN2O. The molecule has 2 rings (SSSR count). The van der Waals surface area contributed by atoms with Crippen LogP contribution in [0.1, 0.15) is 29.8 Å². The first-order valence-corrected chi connectivity index (χ1v) is 7.46. The molecule has 0 aliphatic carbocycles.